The summed E-state index contributed by atoms with van der Waals surface area (Å²) in [5.41, 5.74) is 5.00. The molecule has 33 heavy (non-hydrogen) atoms. The lowest BCUT2D eigenvalue weighted by Crippen LogP contribution is -2.11. The molecule has 5 heteroatoms. The fourth-order valence-electron chi connectivity index (χ4n) is 3.17. The molecule has 0 fully saturated rings. The van der Waals surface area contributed by atoms with Crippen LogP contribution in [0.5, 0.6) is 0 Å². The largest absolute Gasteiger partial charge is 0.322 e. The fourth-order valence-corrected chi connectivity index (χ4v) is 3.98. The Labute approximate surface area is 198 Å². The van der Waals surface area contributed by atoms with Gasteiger partial charge >= 0.3 is 0 Å². The molecule has 0 aliphatic rings. The Morgan fingerprint density at radius 3 is 1.18 bits per heavy atom. The number of carbonyl (C=O) groups excluding carboxylic acids is 2. The summed E-state index contributed by atoms with van der Waals surface area (Å²) in [5.74, 6) is -0.252. The molecule has 4 aromatic carbocycles. The van der Waals surface area contributed by atoms with Crippen LogP contribution in [-0.4, -0.2) is 11.8 Å². The molecule has 0 aliphatic carbocycles. The van der Waals surface area contributed by atoms with Gasteiger partial charge in [0.25, 0.3) is 11.8 Å². The minimum absolute atomic E-state index is 0.126. The van der Waals surface area contributed by atoms with Gasteiger partial charge in [-0.15, -0.1) is 0 Å². The SMILES string of the molecule is Cc1ccc(C(=O)Nc2ccc(Sc3ccc(NC(=O)c4ccc(C)cc4)cc3)cc2)cc1. The number of benzene rings is 4. The van der Waals surface area contributed by atoms with E-state index in [0.29, 0.717) is 11.1 Å². The highest BCUT2D eigenvalue weighted by molar-refractivity contribution is 7.99. The zero-order valence-corrected chi connectivity index (χ0v) is 19.3. The summed E-state index contributed by atoms with van der Waals surface area (Å²) >= 11 is 1.61. The van der Waals surface area contributed by atoms with E-state index in [2.05, 4.69) is 10.6 Å². The van der Waals surface area contributed by atoms with E-state index in [-0.39, 0.29) is 11.8 Å². The average Bonchev–Trinajstić information content (AvgIpc) is 2.82. The number of rotatable bonds is 6. The zero-order chi connectivity index (χ0) is 23.2. The van der Waals surface area contributed by atoms with Crippen LogP contribution < -0.4 is 10.6 Å². The standard InChI is InChI=1S/C28H24N2O2S/c1-19-3-7-21(8-4-19)27(31)29-23-11-15-25(16-12-23)33-26-17-13-24(14-18-26)30-28(32)22-9-5-20(2)6-10-22/h3-18H,1-2H3,(H,29,31)(H,30,32). The van der Waals surface area contributed by atoms with E-state index in [1.54, 1.807) is 11.8 Å². The van der Waals surface area contributed by atoms with Crippen molar-refractivity contribution in [3.63, 3.8) is 0 Å². The van der Waals surface area contributed by atoms with E-state index >= 15 is 0 Å². The third-order valence-electron chi connectivity index (χ3n) is 5.09. The lowest BCUT2D eigenvalue weighted by molar-refractivity contribution is 0.101. The molecule has 2 N–H and O–H groups in total. The van der Waals surface area contributed by atoms with Crippen molar-refractivity contribution >= 4 is 35.0 Å². The highest BCUT2D eigenvalue weighted by atomic mass is 32.2. The number of anilines is 2. The first-order chi connectivity index (χ1) is 16.0. The summed E-state index contributed by atoms with van der Waals surface area (Å²) in [6, 6.07) is 30.5. The van der Waals surface area contributed by atoms with Gasteiger partial charge in [0, 0.05) is 32.3 Å². The van der Waals surface area contributed by atoms with Gasteiger partial charge in [0.2, 0.25) is 0 Å². The first-order valence-electron chi connectivity index (χ1n) is 10.6. The molecule has 4 nitrogen and oxygen atoms in total. The molecular weight excluding hydrogens is 428 g/mol. The molecule has 0 aromatic heterocycles. The number of aryl methyl sites for hydroxylation is 2. The van der Waals surface area contributed by atoms with Crippen molar-refractivity contribution in [1.29, 1.82) is 0 Å². The molecule has 0 unspecified atom stereocenters. The Morgan fingerprint density at radius 2 is 0.848 bits per heavy atom. The molecule has 2 amide bonds. The summed E-state index contributed by atoms with van der Waals surface area (Å²) in [6.45, 7) is 3.99. The second-order valence-electron chi connectivity index (χ2n) is 7.79. The molecule has 0 spiro atoms. The summed E-state index contributed by atoms with van der Waals surface area (Å²) in [5, 5.41) is 5.85. The van der Waals surface area contributed by atoms with Crippen molar-refractivity contribution in [1.82, 2.24) is 0 Å². The van der Waals surface area contributed by atoms with Crippen molar-refractivity contribution in [2.24, 2.45) is 0 Å². The molecule has 0 saturated carbocycles. The maximum Gasteiger partial charge on any atom is 0.255 e. The lowest BCUT2D eigenvalue weighted by atomic mass is 10.1. The topological polar surface area (TPSA) is 58.2 Å². The van der Waals surface area contributed by atoms with Crippen molar-refractivity contribution in [2.45, 2.75) is 23.6 Å². The van der Waals surface area contributed by atoms with Crippen LogP contribution in [0.2, 0.25) is 0 Å². The molecule has 164 valence electrons. The minimum atomic E-state index is -0.126. The summed E-state index contributed by atoms with van der Waals surface area (Å²) in [7, 11) is 0. The molecule has 0 atom stereocenters. The lowest BCUT2D eigenvalue weighted by Gasteiger charge is -2.08. The van der Waals surface area contributed by atoms with Crippen molar-refractivity contribution in [2.75, 3.05) is 10.6 Å². The Balaban J connectivity index is 1.33. The highest BCUT2D eigenvalue weighted by Gasteiger charge is 2.07. The van der Waals surface area contributed by atoms with E-state index < -0.39 is 0 Å². The van der Waals surface area contributed by atoms with Crippen LogP contribution in [0.3, 0.4) is 0 Å². The van der Waals surface area contributed by atoms with Crippen LogP contribution in [0.25, 0.3) is 0 Å². The number of hydrogen-bond donors (Lipinski definition) is 2. The first kappa shape index (κ1) is 22.4. The fraction of sp³-hybridized carbons (Fsp3) is 0.0714. The monoisotopic (exact) mass is 452 g/mol. The van der Waals surface area contributed by atoms with Gasteiger partial charge in [0.1, 0.15) is 0 Å². The normalized spacial score (nSPS) is 10.5. The Hall–Kier alpha value is -3.83. The third kappa shape index (κ3) is 6.11. The second kappa shape index (κ2) is 10.2. The van der Waals surface area contributed by atoms with Gasteiger partial charge in [0.05, 0.1) is 0 Å². The van der Waals surface area contributed by atoms with Crippen molar-refractivity contribution in [3.05, 3.63) is 119 Å². The van der Waals surface area contributed by atoms with Crippen LogP contribution in [-0.2, 0) is 0 Å². The van der Waals surface area contributed by atoms with Crippen LogP contribution >= 0.6 is 11.8 Å². The maximum atomic E-state index is 12.4. The molecule has 4 aromatic rings. The Morgan fingerprint density at radius 1 is 0.515 bits per heavy atom. The first-order valence-corrected chi connectivity index (χ1v) is 11.4. The zero-order valence-electron chi connectivity index (χ0n) is 18.5. The van der Waals surface area contributed by atoms with Gasteiger partial charge in [0.15, 0.2) is 0 Å². The van der Waals surface area contributed by atoms with Gasteiger partial charge in [-0.2, -0.15) is 0 Å². The van der Waals surface area contributed by atoms with Gasteiger partial charge in [-0.1, -0.05) is 47.2 Å². The summed E-state index contributed by atoms with van der Waals surface area (Å²) in [4.78, 5) is 26.8. The van der Waals surface area contributed by atoms with Crippen molar-refractivity contribution < 1.29 is 9.59 Å². The maximum absolute atomic E-state index is 12.4. The smallest absolute Gasteiger partial charge is 0.255 e. The minimum Gasteiger partial charge on any atom is -0.322 e. The van der Waals surface area contributed by atoms with E-state index in [4.69, 9.17) is 0 Å². The van der Waals surface area contributed by atoms with E-state index in [1.807, 2.05) is 111 Å². The summed E-state index contributed by atoms with van der Waals surface area (Å²) in [6.07, 6.45) is 0. The van der Waals surface area contributed by atoms with Crippen LogP contribution in [0.15, 0.2) is 107 Å². The number of hydrogen-bond acceptors (Lipinski definition) is 3. The highest BCUT2D eigenvalue weighted by Crippen LogP contribution is 2.29. The Kier molecular flexibility index (Phi) is 6.91. The quantitative estimate of drug-likeness (QED) is 0.332. The number of nitrogens with one attached hydrogen (secondary N) is 2. The molecule has 0 saturated heterocycles. The van der Waals surface area contributed by atoms with E-state index in [9.17, 15) is 9.59 Å². The Bertz CT molecular complexity index is 1150. The van der Waals surface area contributed by atoms with Crippen LogP contribution in [0.1, 0.15) is 31.8 Å². The molecule has 0 heterocycles. The molecule has 0 radical (unpaired) electrons. The summed E-state index contributed by atoms with van der Waals surface area (Å²) < 4.78 is 0. The van der Waals surface area contributed by atoms with Gasteiger partial charge in [-0.05, 0) is 86.6 Å². The molecule has 0 aliphatic heterocycles. The molecular formula is C28H24N2O2S. The number of amides is 2. The number of carbonyl (C=O) groups is 2. The predicted octanol–water partition coefficient (Wildman–Crippen LogP) is 6.96. The van der Waals surface area contributed by atoms with Gasteiger partial charge in [-0.25, -0.2) is 0 Å². The van der Waals surface area contributed by atoms with E-state index in [1.165, 1.54) is 0 Å². The predicted molar refractivity (Wildman–Crippen MR) is 135 cm³/mol. The van der Waals surface area contributed by atoms with Gasteiger partial charge in [-0.3, -0.25) is 9.59 Å². The van der Waals surface area contributed by atoms with Crippen molar-refractivity contribution in [3.8, 4) is 0 Å². The molecule has 4 rings (SSSR count). The third-order valence-corrected chi connectivity index (χ3v) is 6.10. The average molecular weight is 453 g/mol. The second-order valence-corrected chi connectivity index (χ2v) is 8.94. The van der Waals surface area contributed by atoms with Crippen LogP contribution in [0.4, 0.5) is 11.4 Å². The van der Waals surface area contributed by atoms with E-state index in [0.717, 1.165) is 32.3 Å². The van der Waals surface area contributed by atoms with Crippen LogP contribution in [0, 0.1) is 13.8 Å². The molecule has 0 bridgehead atoms. The van der Waals surface area contributed by atoms with Gasteiger partial charge < -0.3 is 10.6 Å².